The Labute approximate surface area is 341 Å². The van der Waals surface area contributed by atoms with Crippen LogP contribution in [0.3, 0.4) is 0 Å². The summed E-state index contributed by atoms with van der Waals surface area (Å²) < 4.78 is 36.1. The van der Waals surface area contributed by atoms with E-state index in [1.165, 1.54) is 11.3 Å². The van der Waals surface area contributed by atoms with Crippen molar-refractivity contribution in [2.75, 3.05) is 30.3 Å². The molecule has 5 rings (SSSR count). The molecule has 3 aromatic rings. The Kier molecular flexibility index (Phi) is 14.7. The second kappa shape index (κ2) is 19.2. The van der Waals surface area contributed by atoms with E-state index in [1.54, 1.807) is 11.3 Å². The summed E-state index contributed by atoms with van der Waals surface area (Å²) in [6, 6.07) is 16.7. The van der Waals surface area contributed by atoms with Gasteiger partial charge in [-0.3, -0.25) is 18.9 Å². The normalized spacial score (nSPS) is 19.3. The number of aryl methyl sites for hydroxylation is 1. The summed E-state index contributed by atoms with van der Waals surface area (Å²) in [6.07, 6.45) is 14.9. The van der Waals surface area contributed by atoms with Crippen molar-refractivity contribution in [1.82, 2.24) is 10.6 Å². The first kappa shape index (κ1) is 43.5. The van der Waals surface area contributed by atoms with Crippen LogP contribution in [0.2, 0.25) is 0 Å². The van der Waals surface area contributed by atoms with Crippen molar-refractivity contribution in [3.63, 3.8) is 0 Å². The third-order valence-electron chi connectivity index (χ3n) is 10.8. The van der Waals surface area contributed by atoms with Crippen molar-refractivity contribution in [2.24, 2.45) is 5.41 Å². The number of para-hydroxylation sites is 2. The highest BCUT2D eigenvalue weighted by Crippen LogP contribution is 2.48. The number of allylic oxidation sites excluding steroid dienone is 7. The van der Waals surface area contributed by atoms with Gasteiger partial charge in [-0.1, -0.05) is 100 Å². The lowest BCUT2D eigenvalue weighted by molar-refractivity contribution is -0.668. The van der Waals surface area contributed by atoms with Gasteiger partial charge in [0.15, 0.2) is 0 Å². The van der Waals surface area contributed by atoms with E-state index in [4.69, 9.17) is 5.11 Å². The highest BCUT2D eigenvalue weighted by atomic mass is 32.2. The molecule has 0 bridgehead atoms. The van der Waals surface area contributed by atoms with Crippen molar-refractivity contribution >= 4 is 61.2 Å². The van der Waals surface area contributed by atoms with Gasteiger partial charge in [-0.2, -0.15) is 13.0 Å². The van der Waals surface area contributed by atoms with E-state index in [1.807, 2.05) is 36.4 Å². The molecule has 2 amide bonds. The van der Waals surface area contributed by atoms with Gasteiger partial charge in [0.2, 0.25) is 17.3 Å². The number of carboxylic acid groups (broad SMARTS) is 1. The minimum Gasteiger partial charge on any atom is -0.481 e. The average Bonchev–Trinajstić information content (AvgIpc) is 3.63. The average molecular weight is 818 g/mol. The Balaban J connectivity index is 1.58. The van der Waals surface area contributed by atoms with E-state index in [-0.39, 0.29) is 37.8 Å². The molecule has 1 aliphatic heterocycles. The van der Waals surface area contributed by atoms with E-state index < -0.39 is 39.1 Å². The fraction of sp³-hybridized carbons (Fsp3) is 0.455. The number of benzene rings is 2. The van der Waals surface area contributed by atoms with Gasteiger partial charge in [-0.05, 0) is 67.0 Å². The van der Waals surface area contributed by atoms with Gasteiger partial charge >= 0.3 is 5.97 Å². The number of nitrogens with one attached hydrogen (secondary N) is 2. The number of thiazole rings is 1. The maximum Gasteiger partial charge on any atom is 0.303 e. The molecule has 306 valence electrons. The van der Waals surface area contributed by atoms with Gasteiger partial charge in [0, 0.05) is 61.4 Å². The molecule has 4 N–H and O–H groups in total. The zero-order valence-corrected chi connectivity index (χ0v) is 35.2. The summed E-state index contributed by atoms with van der Waals surface area (Å²) in [5.41, 5.74) is 4.21. The van der Waals surface area contributed by atoms with Gasteiger partial charge < -0.3 is 20.6 Å². The SMILES string of the molecule is CCCCN1C(=CC=C2C=C(C=Cc3sc4ccccc4[n+]3CCC)CC(C(=O)NCCCCCC(=O)O)(C(=O)NCCS(=O)(=O)O)C2)C(C)(C)c2ccccc21. The molecule has 1 unspecified atom stereocenters. The zero-order valence-electron chi connectivity index (χ0n) is 33.6. The van der Waals surface area contributed by atoms with Crippen molar-refractivity contribution in [3.05, 3.63) is 100 Å². The number of carboxylic acids is 1. The molecular formula is C44H57N4O7S2+. The van der Waals surface area contributed by atoms with Gasteiger partial charge in [-0.25, -0.2) is 0 Å². The number of rotatable bonds is 19. The Morgan fingerprint density at radius 3 is 2.33 bits per heavy atom. The number of aliphatic carboxylic acids is 1. The number of carbonyl (C=O) groups is 3. The molecular weight excluding hydrogens is 761 g/mol. The number of hydrogen-bond donors (Lipinski definition) is 4. The highest BCUT2D eigenvalue weighted by Gasteiger charge is 2.48. The van der Waals surface area contributed by atoms with Gasteiger partial charge in [0.1, 0.15) is 16.7 Å². The van der Waals surface area contributed by atoms with Crippen molar-refractivity contribution in [2.45, 2.75) is 97.4 Å². The summed E-state index contributed by atoms with van der Waals surface area (Å²) in [7, 11) is -4.37. The van der Waals surface area contributed by atoms with Crippen LogP contribution in [0.1, 0.15) is 96.1 Å². The van der Waals surface area contributed by atoms with Crippen LogP contribution in [-0.4, -0.2) is 61.2 Å². The van der Waals surface area contributed by atoms with Crippen molar-refractivity contribution < 1.29 is 37.0 Å². The third-order valence-corrected chi connectivity index (χ3v) is 12.6. The number of amides is 2. The van der Waals surface area contributed by atoms with Crippen molar-refractivity contribution in [3.8, 4) is 0 Å². The number of hydrogen-bond acceptors (Lipinski definition) is 7. The fourth-order valence-corrected chi connectivity index (χ4v) is 9.29. The Morgan fingerprint density at radius 2 is 1.61 bits per heavy atom. The maximum atomic E-state index is 14.4. The quantitative estimate of drug-likeness (QED) is 0.0420. The first-order valence-corrected chi connectivity index (χ1v) is 22.4. The van der Waals surface area contributed by atoms with E-state index in [9.17, 15) is 27.4 Å². The smallest absolute Gasteiger partial charge is 0.303 e. The predicted molar refractivity (Wildman–Crippen MR) is 228 cm³/mol. The molecule has 0 spiro atoms. The molecule has 11 nitrogen and oxygen atoms in total. The van der Waals surface area contributed by atoms with E-state index in [0.717, 1.165) is 64.4 Å². The number of anilines is 1. The Hall–Kier alpha value is -4.59. The van der Waals surface area contributed by atoms with Gasteiger partial charge in [-0.15, -0.1) is 0 Å². The van der Waals surface area contributed by atoms with Gasteiger partial charge in [0.05, 0.1) is 5.75 Å². The summed E-state index contributed by atoms with van der Waals surface area (Å²) in [5.74, 6) is -2.70. The molecule has 0 saturated heterocycles. The minimum atomic E-state index is -4.37. The molecule has 2 heterocycles. The monoisotopic (exact) mass is 817 g/mol. The number of aromatic nitrogens is 1. The lowest BCUT2D eigenvalue weighted by Crippen LogP contribution is -2.53. The molecule has 1 aromatic heterocycles. The molecule has 0 fully saturated rings. The summed E-state index contributed by atoms with van der Waals surface area (Å²) in [5, 5.41) is 15.7. The van der Waals surface area contributed by atoms with Crippen LogP contribution in [0.5, 0.6) is 0 Å². The second-order valence-corrected chi connectivity index (χ2v) is 18.1. The van der Waals surface area contributed by atoms with Crippen LogP contribution in [-0.2, 0) is 36.5 Å². The van der Waals surface area contributed by atoms with E-state index >= 15 is 0 Å². The number of nitrogens with zero attached hydrogens (tertiary/aromatic N) is 2. The molecule has 13 heteroatoms. The fourth-order valence-electron chi connectivity index (χ4n) is 7.84. The third kappa shape index (κ3) is 10.7. The number of unbranched alkanes of at least 4 members (excludes halogenated alkanes) is 3. The first-order valence-electron chi connectivity index (χ1n) is 20.0. The molecule has 57 heavy (non-hydrogen) atoms. The van der Waals surface area contributed by atoms with E-state index in [0.29, 0.717) is 19.3 Å². The Morgan fingerprint density at radius 1 is 0.895 bits per heavy atom. The minimum absolute atomic E-state index is 0.0357. The van der Waals surface area contributed by atoms with Crippen LogP contribution in [0.4, 0.5) is 5.69 Å². The lowest BCUT2D eigenvalue weighted by Gasteiger charge is -2.35. The Bertz CT molecular complexity index is 2180. The largest absolute Gasteiger partial charge is 0.481 e. The highest BCUT2D eigenvalue weighted by molar-refractivity contribution is 7.85. The van der Waals surface area contributed by atoms with Crippen LogP contribution < -0.4 is 20.1 Å². The summed E-state index contributed by atoms with van der Waals surface area (Å²) in [4.78, 5) is 42.2. The van der Waals surface area contributed by atoms with Crippen molar-refractivity contribution in [1.29, 1.82) is 0 Å². The molecule has 0 radical (unpaired) electrons. The first-order chi connectivity index (χ1) is 27.2. The molecule has 2 aliphatic rings. The van der Waals surface area contributed by atoms with Crippen LogP contribution >= 0.6 is 11.3 Å². The summed E-state index contributed by atoms with van der Waals surface area (Å²) in [6.45, 7) is 10.3. The summed E-state index contributed by atoms with van der Waals surface area (Å²) >= 11 is 1.67. The predicted octanol–water partition coefficient (Wildman–Crippen LogP) is 7.49. The van der Waals surface area contributed by atoms with Crippen LogP contribution in [0.25, 0.3) is 16.3 Å². The number of carbonyl (C=O) groups excluding carboxylic acids is 2. The van der Waals surface area contributed by atoms with Gasteiger partial charge in [0.25, 0.3) is 15.1 Å². The maximum absolute atomic E-state index is 14.4. The number of fused-ring (bicyclic) bond motifs is 2. The standard InChI is InChI=1S/C44H56N4O7S2/c1-5-7-27-47-35-16-11-10-15-34(35)43(3,4)38(47)22-20-32-29-33(21-23-39-48(26-6-2)36-17-12-13-18-37(36)56-39)31-44(30-32,42(52)46-25-28-57(53,54)55)41(51)45-24-14-8-9-19-40(49)50/h10-13,15-18,20-23,29H,5-9,14,19,24-28,30-31H2,1-4H3,(H3-,45,46,49,50,51,52,53,54,55)/p+1. The molecule has 2 aromatic carbocycles. The van der Waals surface area contributed by atoms with Crippen LogP contribution in [0, 0.1) is 5.41 Å². The molecule has 1 aliphatic carbocycles. The lowest BCUT2D eigenvalue weighted by atomic mass is 9.70. The molecule has 1 atom stereocenters. The second-order valence-electron chi connectivity index (χ2n) is 15.5. The topological polar surface area (TPSA) is 157 Å². The van der Waals surface area contributed by atoms with Crippen LogP contribution in [0.15, 0.2) is 89.7 Å². The zero-order chi connectivity index (χ0) is 41.2. The van der Waals surface area contributed by atoms with E-state index in [2.05, 4.69) is 90.3 Å². The molecule has 0 saturated carbocycles.